The van der Waals surface area contributed by atoms with Gasteiger partial charge in [-0.05, 0) is 20.0 Å². The van der Waals surface area contributed by atoms with E-state index in [0.29, 0.717) is 28.3 Å². The second kappa shape index (κ2) is 7.44. The molecule has 1 rings (SSSR count). The van der Waals surface area contributed by atoms with Gasteiger partial charge < -0.3 is 20.9 Å². The molecule has 0 spiro atoms. The number of hydrogen-bond donors (Lipinski definition) is 2. The van der Waals surface area contributed by atoms with Gasteiger partial charge in [0.05, 0.1) is 0 Å². The Bertz CT molecular complexity index is 444. The summed E-state index contributed by atoms with van der Waals surface area (Å²) in [5.74, 6) is 0.754. The number of nitrogen functional groups attached to an aromatic ring is 1. The summed E-state index contributed by atoms with van der Waals surface area (Å²) in [6.07, 6.45) is 0. The number of thiazole rings is 1. The van der Waals surface area contributed by atoms with Crippen molar-refractivity contribution in [2.24, 2.45) is 5.92 Å². The van der Waals surface area contributed by atoms with Crippen LogP contribution in [0.4, 0.5) is 10.9 Å². The van der Waals surface area contributed by atoms with Crippen molar-refractivity contribution < 1.29 is 4.79 Å². The first-order valence-corrected chi connectivity index (χ1v) is 7.53. The average molecular weight is 299 g/mol. The molecule has 6 nitrogen and oxygen atoms in total. The molecule has 0 saturated carbocycles. The van der Waals surface area contributed by atoms with Gasteiger partial charge in [-0.1, -0.05) is 25.2 Å². The number of rotatable bonds is 7. The van der Waals surface area contributed by atoms with Gasteiger partial charge in [-0.3, -0.25) is 4.79 Å². The SMILES string of the molecule is CC(C)CNc1nc(N)c(C(=O)N(C)CCN(C)C)s1. The van der Waals surface area contributed by atoms with Crippen LogP contribution in [0.5, 0.6) is 0 Å². The van der Waals surface area contributed by atoms with Crippen LogP contribution >= 0.6 is 11.3 Å². The van der Waals surface area contributed by atoms with E-state index in [0.717, 1.165) is 13.1 Å². The van der Waals surface area contributed by atoms with Crippen LogP contribution in [0.2, 0.25) is 0 Å². The van der Waals surface area contributed by atoms with Crippen LogP contribution < -0.4 is 11.1 Å². The molecule has 0 unspecified atom stereocenters. The highest BCUT2D eigenvalue weighted by molar-refractivity contribution is 7.18. The molecule has 3 N–H and O–H groups in total. The van der Waals surface area contributed by atoms with Crippen LogP contribution in [-0.2, 0) is 0 Å². The van der Waals surface area contributed by atoms with E-state index in [1.54, 1.807) is 11.9 Å². The number of nitrogens with two attached hydrogens (primary N) is 1. The Kier molecular flexibility index (Phi) is 6.22. The van der Waals surface area contributed by atoms with E-state index in [9.17, 15) is 4.79 Å². The lowest BCUT2D eigenvalue weighted by atomic mass is 10.2. The molecular formula is C13H25N5OS. The van der Waals surface area contributed by atoms with Crippen molar-refractivity contribution in [2.75, 3.05) is 51.8 Å². The van der Waals surface area contributed by atoms with Gasteiger partial charge in [0, 0.05) is 26.7 Å². The van der Waals surface area contributed by atoms with Crippen LogP contribution in [0.15, 0.2) is 0 Å². The van der Waals surface area contributed by atoms with Crippen molar-refractivity contribution in [3.05, 3.63) is 4.88 Å². The Morgan fingerprint density at radius 2 is 2.00 bits per heavy atom. The number of nitrogens with one attached hydrogen (secondary N) is 1. The van der Waals surface area contributed by atoms with E-state index in [1.807, 2.05) is 19.0 Å². The smallest absolute Gasteiger partial charge is 0.267 e. The van der Waals surface area contributed by atoms with Crippen LogP contribution in [0.25, 0.3) is 0 Å². The third-order valence-electron chi connectivity index (χ3n) is 2.74. The van der Waals surface area contributed by atoms with E-state index >= 15 is 0 Å². The molecule has 114 valence electrons. The molecule has 0 aliphatic rings. The van der Waals surface area contributed by atoms with Gasteiger partial charge in [-0.2, -0.15) is 0 Å². The molecule has 1 aromatic rings. The molecule has 1 aromatic heterocycles. The molecule has 1 amide bonds. The molecule has 0 aliphatic carbocycles. The fraction of sp³-hybridized carbons (Fsp3) is 0.692. The Labute approximate surface area is 125 Å². The largest absolute Gasteiger partial charge is 0.382 e. The second-order valence-electron chi connectivity index (χ2n) is 5.54. The fourth-order valence-corrected chi connectivity index (χ4v) is 2.36. The van der Waals surface area contributed by atoms with Crippen molar-refractivity contribution in [3.63, 3.8) is 0 Å². The number of carbonyl (C=O) groups excluding carboxylic acids is 1. The number of carbonyl (C=O) groups is 1. The molecule has 0 bridgehead atoms. The van der Waals surface area contributed by atoms with Crippen LogP contribution in [-0.4, -0.2) is 61.5 Å². The zero-order valence-corrected chi connectivity index (χ0v) is 13.8. The van der Waals surface area contributed by atoms with E-state index < -0.39 is 0 Å². The van der Waals surface area contributed by atoms with E-state index in [-0.39, 0.29) is 5.91 Å². The molecule has 0 radical (unpaired) electrons. The van der Waals surface area contributed by atoms with Crippen LogP contribution in [0, 0.1) is 5.92 Å². The number of aromatic nitrogens is 1. The first-order chi connectivity index (χ1) is 9.31. The third kappa shape index (κ3) is 4.97. The van der Waals surface area contributed by atoms with Gasteiger partial charge in [-0.25, -0.2) is 4.98 Å². The predicted molar refractivity (Wildman–Crippen MR) is 85.4 cm³/mol. The lowest BCUT2D eigenvalue weighted by Crippen LogP contribution is -2.33. The number of likely N-dealkylation sites (N-methyl/N-ethyl adjacent to an activating group) is 2. The quantitative estimate of drug-likeness (QED) is 0.796. The van der Waals surface area contributed by atoms with E-state index in [2.05, 4.69) is 24.1 Å². The van der Waals surface area contributed by atoms with E-state index in [1.165, 1.54) is 11.3 Å². The fourth-order valence-electron chi connectivity index (χ4n) is 1.48. The zero-order valence-electron chi connectivity index (χ0n) is 12.9. The summed E-state index contributed by atoms with van der Waals surface area (Å²) in [6, 6.07) is 0. The Balaban J connectivity index is 2.68. The standard InChI is InChI=1S/C13H25N5OS/c1-9(2)8-15-13-16-11(14)10(20-13)12(19)18(5)7-6-17(3)4/h9H,6-8,14H2,1-5H3,(H,15,16). The van der Waals surface area contributed by atoms with Gasteiger partial charge in [0.2, 0.25) is 0 Å². The van der Waals surface area contributed by atoms with Crippen molar-refractivity contribution in [1.29, 1.82) is 0 Å². The molecule has 20 heavy (non-hydrogen) atoms. The molecular weight excluding hydrogens is 274 g/mol. The maximum absolute atomic E-state index is 12.3. The molecule has 0 aliphatic heterocycles. The Morgan fingerprint density at radius 1 is 1.35 bits per heavy atom. The Morgan fingerprint density at radius 3 is 2.55 bits per heavy atom. The van der Waals surface area contributed by atoms with Crippen molar-refractivity contribution >= 4 is 28.2 Å². The summed E-state index contributed by atoms with van der Waals surface area (Å²) < 4.78 is 0. The summed E-state index contributed by atoms with van der Waals surface area (Å²) in [7, 11) is 5.74. The summed E-state index contributed by atoms with van der Waals surface area (Å²) >= 11 is 1.32. The summed E-state index contributed by atoms with van der Waals surface area (Å²) in [5.41, 5.74) is 5.84. The van der Waals surface area contributed by atoms with Crippen molar-refractivity contribution in [3.8, 4) is 0 Å². The number of hydrogen-bond acceptors (Lipinski definition) is 6. The number of amides is 1. The molecule has 0 saturated heterocycles. The molecule has 0 atom stereocenters. The topological polar surface area (TPSA) is 74.5 Å². The van der Waals surface area contributed by atoms with Gasteiger partial charge >= 0.3 is 0 Å². The maximum atomic E-state index is 12.3. The average Bonchev–Trinajstić information content (AvgIpc) is 2.73. The highest BCUT2D eigenvalue weighted by atomic mass is 32.1. The molecule has 7 heteroatoms. The van der Waals surface area contributed by atoms with Gasteiger partial charge in [0.15, 0.2) is 5.13 Å². The van der Waals surface area contributed by atoms with Gasteiger partial charge in [0.1, 0.15) is 10.7 Å². The highest BCUT2D eigenvalue weighted by Crippen LogP contribution is 2.26. The van der Waals surface area contributed by atoms with Gasteiger partial charge in [0.25, 0.3) is 5.91 Å². The number of nitrogens with zero attached hydrogens (tertiary/aromatic N) is 3. The monoisotopic (exact) mass is 299 g/mol. The highest BCUT2D eigenvalue weighted by Gasteiger charge is 2.19. The van der Waals surface area contributed by atoms with Crippen molar-refractivity contribution in [2.45, 2.75) is 13.8 Å². The lowest BCUT2D eigenvalue weighted by Gasteiger charge is -2.18. The maximum Gasteiger partial charge on any atom is 0.267 e. The first-order valence-electron chi connectivity index (χ1n) is 6.71. The zero-order chi connectivity index (χ0) is 15.3. The van der Waals surface area contributed by atoms with Crippen LogP contribution in [0.1, 0.15) is 23.5 Å². The van der Waals surface area contributed by atoms with E-state index in [4.69, 9.17) is 5.73 Å². The minimum Gasteiger partial charge on any atom is -0.382 e. The first kappa shape index (κ1) is 16.7. The third-order valence-corrected chi connectivity index (χ3v) is 3.76. The summed E-state index contributed by atoms with van der Waals surface area (Å²) in [5, 5.41) is 3.91. The second-order valence-corrected chi connectivity index (χ2v) is 6.54. The normalized spacial score (nSPS) is 11.2. The molecule has 0 aromatic carbocycles. The lowest BCUT2D eigenvalue weighted by molar-refractivity contribution is 0.0792. The molecule has 1 heterocycles. The Hall–Kier alpha value is -1.34. The molecule has 0 fully saturated rings. The predicted octanol–water partition coefficient (Wildman–Crippen LogP) is 1.43. The summed E-state index contributed by atoms with van der Waals surface area (Å²) in [6.45, 7) is 6.53. The van der Waals surface area contributed by atoms with Crippen molar-refractivity contribution in [1.82, 2.24) is 14.8 Å². The van der Waals surface area contributed by atoms with Gasteiger partial charge in [-0.15, -0.1) is 0 Å². The minimum atomic E-state index is -0.0700. The van der Waals surface area contributed by atoms with Crippen LogP contribution in [0.3, 0.4) is 0 Å². The minimum absolute atomic E-state index is 0.0700. The summed E-state index contributed by atoms with van der Waals surface area (Å²) in [4.78, 5) is 20.7. The number of anilines is 2.